The summed E-state index contributed by atoms with van der Waals surface area (Å²) in [6.45, 7) is 11.8. The number of ether oxygens (including phenoxy) is 4. The Hall–Kier alpha value is -3.64. The van der Waals surface area contributed by atoms with Crippen LogP contribution in [-0.4, -0.2) is 120 Å². The highest BCUT2D eigenvalue weighted by Crippen LogP contribution is 2.41. The fraction of sp³-hybridized carbons (Fsp3) is 0.684. The van der Waals surface area contributed by atoms with Crippen molar-refractivity contribution in [2.24, 2.45) is 27.8 Å². The van der Waals surface area contributed by atoms with Crippen molar-refractivity contribution in [1.82, 2.24) is 10.6 Å². The topological polar surface area (TPSA) is 258 Å². The monoisotopic (exact) mass is 765 g/mol. The Labute approximate surface area is 318 Å². The zero-order valence-electron chi connectivity index (χ0n) is 32.5. The van der Waals surface area contributed by atoms with E-state index in [1.165, 1.54) is 26.4 Å². The molecule has 2 aliphatic rings. The second-order valence-corrected chi connectivity index (χ2v) is 14.6. The van der Waals surface area contributed by atoms with Crippen molar-refractivity contribution in [2.75, 3.05) is 20.8 Å². The molecule has 2 aliphatic heterocycles. The maximum atomic E-state index is 13.3. The molecule has 0 aromatic carbocycles. The number of aliphatic carboxylic acids is 1. The lowest BCUT2D eigenvalue weighted by Crippen LogP contribution is -2.62. The molecule has 2 fully saturated rings. The van der Waals surface area contributed by atoms with Gasteiger partial charge in [-0.25, -0.2) is 4.79 Å². The standard InChI is InChI=1S/C38H63N5O11/c1-23-22-38(52-7,54-25(3)24(23)2)32(47)33(48)43-34(51-6)28-21-29(45)37(4,5)30(53-28)20-26(44)16-13-11-9-8-10-12-14-18-31(46)42-27(35(49)50)17-15-19-41-36(39)40/h8-10,12,14,18,24-30,32,34,44-45,47H,1,11,13,15-17,19-22H2,2-7H3,(H,42,46)(H,43,48)(H,49,50)(H4,39,40,41)/b9-8+,12-10+,18-14+/t24-,25-,26-,27+,28+,29-,30-,32-,34+,38-/m1/s1. The molecule has 2 rings (SSSR count). The first-order valence-electron chi connectivity index (χ1n) is 18.4. The van der Waals surface area contributed by atoms with Gasteiger partial charge in [0.15, 0.2) is 18.3 Å². The minimum Gasteiger partial charge on any atom is -0.480 e. The second kappa shape index (κ2) is 22.0. The summed E-state index contributed by atoms with van der Waals surface area (Å²) in [5, 5.41) is 47.6. The molecule has 54 heavy (non-hydrogen) atoms. The van der Waals surface area contributed by atoms with E-state index in [0.717, 1.165) is 5.57 Å². The fourth-order valence-electron chi connectivity index (χ4n) is 6.38. The third-order valence-electron chi connectivity index (χ3n) is 10.2. The van der Waals surface area contributed by atoms with Gasteiger partial charge in [0.05, 0.1) is 24.4 Å². The number of amides is 2. The number of unbranched alkanes of at least 4 members (excludes halogenated alkanes) is 1. The molecule has 0 spiro atoms. The molecule has 0 aromatic rings. The number of nitrogens with zero attached hydrogens (tertiary/aromatic N) is 1. The van der Waals surface area contributed by atoms with Gasteiger partial charge in [0.1, 0.15) is 12.1 Å². The van der Waals surface area contributed by atoms with Crippen LogP contribution >= 0.6 is 0 Å². The van der Waals surface area contributed by atoms with Crippen LogP contribution < -0.4 is 22.1 Å². The van der Waals surface area contributed by atoms with E-state index in [1.807, 2.05) is 33.8 Å². The molecule has 10 N–H and O–H groups in total. The smallest absolute Gasteiger partial charge is 0.326 e. The van der Waals surface area contributed by atoms with E-state index in [9.17, 15) is 34.8 Å². The van der Waals surface area contributed by atoms with E-state index >= 15 is 0 Å². The molecule has 10 atom stereocenters. The highest BCUT2D eigenvalue weighted by atomic mass is 16.7. The number of rotatable bonds is 21. The van der Waals surface area contributed by atoms with Crippen LogP contribution in [0.5, 0.6) is 0 Å². The third kappa shape index (κ3) is 13.9. The number of methoxy groups -OCH3 is 2. The Morgan fingerprint density at radius 2 is 1.76 bits per heavy atom. The minimum atomic E-state index is -1.71. The van der Waals surface area contributed by atoms with Gasteiger partial charge in [-0.3, -0.25) is 14.6 Å². The van der Waals surface area contributed by atoms with E-state index < -0.39 is 71.8 Å². The summed E-state index contributed by atoms with van der Waals surface area (Å²) in [5.74, 6) is -4.17. The number of nitrogens with one attached hydrogen (secondary N) is 2. The molecule has 0 radical (unpaired) electrons. The normalized spacial score (nSPS) is 28.1. The highest BCUT2D eigenvalue weighted by Gasteiger charge is 2.51. The molecule has 0 unspecified atom stereocenters. The van der Waals surface area contributed by atoms with E-state index in [4.69, 9.17) is 30.4 Å². The van der Waals surface area contributed by atoms with Gasteiger partial charge < -0.3 is 61.5 Å². The zero-order chi connectivity index (χ0) is 40.6. The Morgan fingerprint density at radius 3 is 2.37 bits per heavy atom. The van der Waals surface area contributed by atoms with Crippen molar-refractivity contribution in [3.8, 4) is 0 Å². The Morgan fingerprint density at radius 1 is 1.07 bits per heavy atom. The number of nitrogens with two attached hydrogens (primary N) is 2. The number of aliphatic hydroxyl groups excluding tert-OH is 3. The predicted molar refractivity (Wildman–Crippen MR) is 203 cm³/mol. The zero-order valence-corrected chi connectivity index (χ0v) is 32.5. The van der Waals surface area contributed by atoms with Crippen molar-refractivity contribution < 1.29 is 53.8 Å². The van der Waals surface area contributed by atoms with Crippen LogP contribution in [0.4, 0.5) is 0 Å². The number of hydrogen-bond donors (Lipinski definition) is 8. The maximum absolute atomic E-state index is 13.3. The van der Waals surface area contributed by atoms with Gasteiger partial charge in [-0.1, -0.05) is 63.3 Å². The van der Waals surface area contributed by atoms with Crippen LogP contribution in [0.3, 0.4) is 0 Å². The van der Waals surface area contributed by atoms with Gasteiger partial charge in [-0.15, -0.1) is 0 Å². The lowest BCUT2D eigenvalue weighted by molar-refractivity contribution is -0.298. The largest absolute Gasteiger partial charge is 0.480 e. The molecule has 2 heterocycles. The summed E-state index contributed by atoms with van der Waals surface area (Å²) in [6.07, 6.45) is 6.71. The van der Waals surface area contributed by atoms with Crippen LogP contribution in [-0.2, 0) is 33.3 Å². The molecular formula is C38H63N5O11. The number of allylic oxidation sites excluding steroid dienone is 5. The lowest BCUT2D eigenvalue weighted by Gasteiger charge is -2.48. The Balaban J connectivity index is 1.86. The number of hydrogen-bond acceptors (Lipinski definition) is 11. The van der Waals surface area contributed by atoms with Crippen LogP contribution in [0.1, 0.15) is 79.1 Å². The molecule has 0 aliphatic carbocycles. The Bertz CT molecular complexity index is 1360. The molecule has 16 nitrogen and oxygen atoms in total. The van der Waals surface area contributed by atoms with Crippen molar-refractivity contribution in [3.63, 3.8) is 0 Å². The molecule has 2 saturated heterocycles. The number of carboxylic acid groups (broad SMARTS) is 1. The molecule has 0 aromatic heterocycles. The minimum absolute atomic E-state index is 0.0163. The van der Waals surface area contributed by atoms with Gasteiger partial charge in [0, 0.05) is 57.4 Å². The van der Waals surface area contributed by atoms with Gasteiger partial charge >= 0.3 is 5.97 Å². The molecular weight excluding hydrogens is 702 g/mol. The van der Waals surface area contributed by atoms with Gasteiger partial charge in [0.25, 0.3) is 5.91 Å². The first kappa shape index (κ1) is 46.5. The molecule has 0 bridgehead atoms. The number of carbonyl (C=O) groups is 3. The third-order valence-corrected chi connectivity index (χ3v) is 10.2. The first-order chi connectivity index (χ1) is 25.4. The summed E-state index contributed by atoms with van der Waals surface area (Å²) in [5.41, 5.74) is 10.6. The summed E-state index contributed by atoms with van der Waals surface area (Å²) in [4.78, 5) is 40.6. The molecule has 306 valence electrons. The number of carboxylic acids is 1. The number of aliphatic imine (C=N–C) groups is 1. The maximum Gasteiger partial charge on any atom is 0.326 e. The number of carbonyl (C=O) groups excluding carboxylic acids is 2. The van der Waals surface area contributed by atoms with Gasteiger partial charge in [-0.2, -0.15) is 0 Å². The van der Waals surface area contributed by atoms with Crippen LogP contribution in [0.15, 0.2) is 53.6 Å². The summed E-state index contributed by atoms with van der Waals surface area (Å²) < 4.78 is 23.5. The Kier molecular flexibility index (Phi) is 19.0. The highest BCUT2D eigenvalue weighted by molar-refractivity contribution is 5.91. The molecule has 16 heteroatoms. The summed E-state index contributed by atoms with van der Waals surface area (Å²) >= 11 is 0. The first-order valence-corrected chi connectivity index (χ1v) is 18.4. The van der Waals surface area contributed by atoms with Gasteiger partial charge in [0.2, 0.25) is 11.7 Å². The van der Waals surface area contributed by atoms with E-state index in [-0.39, 0.29) is 50.2 Å². The molecule has 2 amide bonds. The summed E-state index contributed by atoms with van der Waals surface area (Å²) in [6, 6.07) is -1.06. The predicted octanol–water partition coefficient (Wildman–Crippen LogP) is 1.54. The van der Waals surface area contributed by atoms with Crippen LogP contribution in [0.2, 0.25) is 0 Å². The van der Waals surface area contributed by atoms with Crippen molar-refractivity contribution in [1.29, 1.82) is 0 Å². The quantitative estimate of drug-likeness (QED) is 0.0157. The SMILES string of the molecule is C=C1C[C@](OC)([C@H](O)C(=O)N[C@@H](OC)[C@@H]2C[C@@H](O)C(C)(C)[C@@H](C[C@H](O)CCC/C=C/C=C/C=C/C(=O)N[C@@H](CCCN=C(N)N)C(=O)O)O2)O[C@H](C)[C@@H]1C. The lowest BCUT2D eigenvalue weighted by atomic mass is 9.74. The van der Waals surface area contributed by atoms with Crippen LogP contribution in [0, 0.1) is 11.3 Å². The van der Waals surface area contributed by atoms with E-state index in [2.05, 4.69) is 22.2 Å². The average Bonchev–Trinajstić information content (AvgIpc) is 3.11. The van der Waals surface area contributed by atoms with E-state index in [1.54, 1.807) is 18.2 Å². The van der Waals surface area contributed by atoms with Gasteiger partial charge in [-0.05, 0) is 39.0 Å². The number of aliphatic hydroxyl groups is 3. The van der Waals surface area contributed by atoms with Crippen molar-refractivity contribution >= 4 is 23.7 Å². The van der Waals surface area contributed by atoms with Crippen LogP contribution in [0.25, 0.3) is 0 Å². The number of guanidine groups is 1. The average molecular weight is 766 g/mol. The second-order valence-electron chi connectivity index (χ2n) is 14.6. The fourth-order valence-corrected chi connectivity index (χ4v) is 6.38. The van der Waals surface area contributed by atoms with Crippen molar-refractivity contribution in [3.05, 3.63) is 48.6 Å². The van der Waals surface area contributed by atoms with E-state index in [0.29, 0.717) is 25.7 Å². The summed E-state index contributed by atoms with van der Waals surface area (Å²) in [7, 11) is 2.75. The van der Waals surface area contributed by atoms with Crippen molar-refractivity contribution in [2.45, 2.75) is 134 Å². The molecule has 0 saturated carbocycles.